The molecule has 126 valence electrons. The summed E-state index contributed by atoms with van der Waals surface area (Å²) in [7, 11) is 0. The summed E-state index contributed by atoms with van der Waals surface area (Å²) >= 11 is 0. The molecule has 2 fully saturated rings. The number of hydrogen-bond donors (Lipinski definition) is 0. The average molecular weight is 313 g/mol. The van der Waals surface area contributed by atoms with E-state index in [9.17, 15) is 4.79 Å². The number of rotatable bonds is 5. The molecule has 23 heavy (non-hydrogen) atoms. The first-order valence-electron chi connectivity index (χ1n) is 9.63. The number of likely N-dealkylation sites (tertiary alicyclic amines) is 1. The van der Waals surface area contributed by atoms with E-state index in [0.29, 0.717) is 11.8 Å². The molecule has 2 aliphatic rings. The van der Waals surface area contributed by atoms with Crippen LogP contribution in [0.5, 0.6) is 0 Å². The molecule has 1 heterocycles. The number of amides is 1. The summed E-state index contributed by atoms with van der Waals surface area (Å²) in [6.45, 7) is 1.95. The van der Waals surface area contributed by atoms with Gasteiger partial charge in [-0.2, -0.15) is 0 Å². The highest BCUT2D eigenvalue weighted by Crippen LogP contribution is 2.28. The van der Waals surface area contributed by atoms with E-state index in [4.69, 9.17) is 0 Å². The van der Waals surface area contributed by atoms with Crippen LogP contribution < -0.4 is 0 Å². The van der Waals surface area contributed by atoms with E-state index in [2.05, 4.69) is 35.2 Å². The molecule has 0 spiro atoms. The molecule has 1 saturated heterocycles. The second kappa shape index (κ2) is 8.52. The highest BCUT2D eigenvalue weighted by Gasteiger charge is 2.24. The number of carbonyl (C=O) groups excluding carboxylic acids is 1. The van der Waals surface area contributed by atoms with Crippen LogP contribution in [0.3, 0.4) is 0 Å². The van der Waals surface area contributed by atoms with E-state index in [1.807, 2.05) is 0 Å². The second-order valence-electron chi connectivity index (χ2n) is 7.58. The minimum atomic E-state index is 0.410. The first-order valence-corrected chi connectivity index (χ1v) is 9.63. The van der Waals surface area contributed by atoms with E-state index < -0.39 is 0 Å². The van der Waals surface area contributed by atoms with Gasteiger partial charge in [0, 0.05) is 19.5 Å². The van der Waals surface area contributed by atoms with E-state index in [0.717, 1.165) is 38.3 Å². The molecule has 1 aromatic rings. The Morgan fingerprint density at radius 3 is 2.48 bits per heavy atom. The first-order chi connectivity index (χ1) is 11.3. The predicted molar refractivity (Wildman–Crippen MR) is 95.3 cm³/mol. The van der Waals surface area contributed by atoms with Gasteiger partial charge < -0.3 is 4.90 Å². The van der Waals surface area contributed by atoms with Crippen molar-refractivity contribution in [2.75, 3.05) is 13.1 Å². The normalized spacial score (nSPS) is 23.0. The van der Waals surface area contributed by atoms with Crippen molar-refractivity contribution < 1.29 is 4.79 Å². The molecule has 2 heteroatoms. The molecule has 1 amide bonds. The molecule has 0 bridgehead atoms. The maximum Gasteiger partial charge on any atom is 0.222 e. The third kappa shape index (κ3) is 5.09. The monoisotopic (exact) mass is 313 g/mol. The van der Waals surface area contributed by atoms with Gasteiger partial charge in [-0.1, -0.05) is 62.4 Å². The lowest BCUT2D eigenvalue weighted by Crippen LogP contribution is -2.40. The van der Waals surface area contributed by atoms with Gasteiger partial charge in [0.1, 0.15) is 0 Å². The van der Waals surface area contributed by atoms with E-state index >= 15 is 0 Å². The van der Waals surface area contributed by atoms with Crippen LogP contribution in [-0.4, -0.2) is 23.9 Å². The zero-order valence-corrected chi connectivity index (χ0v) is 14.4. The Labute approximate surface area is 141 Å². The SMILES string of the molecule is O=C(CCC1CCCCC1)N1CCCC(Cc2ccccc2)C1. The fraction of sp³-hybridized carbons (Fsp3) is 0.667. The maximum absolute atomic E-state index is 12.6. The smallest absolute Gasteiger partial charge is 0.222 e. The third-order valence-electron chi connectivity index (χ3n) is 5.73. The average Bonchev–Trinajstić information content (AvgIpc) is 2.62. The first kappa shape index (κ1) is 16.5. The number of hydrogen-bond acceptors (Lipinski definition) is 1. The van der Waals surface area contributed by atoms with Crippen LogP contribution in [0.25, 0.3) is 0 Å². The van der Waals surface area contributed by atoms with Gasteiger partial charge in [-0.25, -0.2) is 0 Å². The standard InChI is InChI=1S/C21H31NO/c23-21(14-13-18-8-3-1-4-9-18)22-15-7-12-20(17-22)16-19-10-5-2-6-11-19/h2,5-6,10-11,18,20H,1,3-4,7-9,12-17H2. The second-order valence-corrected chi connectivity index (χ2v) is 7.58. The summed E-state index contributed by atoms with van der Waals surface area (Å²) in [4.78, 5) is 14.7. The molecule has 1 aromatic carbocycles. The van der Waals surface area contributed by atoms with Crippen LogP contribution in [0.2, 0.25) is 0 Å². The molecule has 1 unspecified atom stereocenters. The van der Waals surface area contributed by atoms with Crippen molar-refractivity contribution in [3.8, 4) is 0 Å². The lowest BCUT2D eigenvalue weighted by atomic mass is 9.86. The van der Waals surface area contributed by atoms with Crippen molar-refractivity contribution in [1.29, 1.82) is 0 Å². The molecule has 2 nitrogen and oxygen atoms in total. The number of piperidine rings is 1. The molecule has 0 N–H and O–H groups in total. The van der Waals surface area contributed by atoms with Gasteiger partial charge >= 0.3 is 0 Å². The van der Waals surface area contributed by atoms with Gasteiger partial charge in [0.25, 0.3) is 0 Å². The van der Waals surface area contributed by atoms with Crippen molar-refractivity contribution >= 4 is 5.91 Å². The molecule has 1 atom stereocenters. The Morgan fingerprint density at radius 2 is 1.70 bits per heavy atom. The fourth-order valence-corrected chi connectivity index (χ4v) is 4.37. The van der Waals surface area contributed by atoms with Crippen LogP contribution in [0.1, 0.15) is 63.4 Å². The number of benzene rings is 1. The molecule has 1 aliphatic carbocycles. The molecule has 1 saturated carbocycles. The summed E-state index contributed by atoms with van der Waals surface area (Å²) in [5.74, 6) is 1.87. The van der Waals surface area contributed by atoms with Crippen molar-refractivity contribution in [3.05, 3.63) is 35.9 Å². The summed E-state index contributed by atoms with van der Waals surface area (Å²) in [5.41, 5.74) is 1.41. The third-order valence-corrected chi connectivity index (χ3v) is 5.73. The largest absolute Gasteiger partial charge is 0.342 e. The lowest BCUT2D eigenvalue weighted by molar-refractivity contribution is -0.133. The van der Waals surface area contributed by atoms with Crippen molar-refractivity contribution in [2.45, 2.75) is 64.2 Å². The van der Waals surface area contributed by atoms with Gasteiger partial charge in [-0.05, 0) is 43.1 Å². The number of carbonyl (C=O) groups is 1. The summed E-state index contributed by atoms with van der Waals surface area (Å²) < 4.78 is 0. The summed E-state index contributed by atoms with van der Waals surface area (Å²) in [6, 6.07) is 10.7. The van der Waals surface area contributed by atoms with Crippen LogP contribution in [0.15, 0.2) is 30.3 Å². The Morgan fingerprint density at radius 1 is 0.957 bits per heavy atom. The van der Waals surface area contributed by atoms with Crippen LogP contribution in [-0.2, 0) is 11.2 Å². The Balaban J connectivity index is 1.44. The minimum Gasteiger partial charge on any atom is -0.342 e. The molecule has 0 radical (unpaired) electrons. The highest BCUT2D eigenvalue weighted by atomic mass is 16.2. The zero-order valence-electron chi connectivity index (χ0n) is 14.4. The molecular weight excluding hydrogens is 282 g/mol. The summed E-state index contributed by atoms with van der Waals surface area (Å²) in [5, 5.41) is 0. The van der Waals surface area contributed by atoms with Crippen molar-refractivity contribution in [1.82, 2.24) is 4.90 Å². The van der Waals surface area contributed by atoms with Gasteiger partial charge in [0.15, 0.2) is 0 Å². The Bertz CT molecular complexity index is 478. The number of nitrogens with zero attached hydrogens (tertiary/aromatic N) is 1. The minimum absolute atomic E-state index is 0.410. The topological polar surface area (TPSA) is 20.3 Å². The van der Waals surface area contributed by atoms with E-state index in [-0.39, 0.29) is 0 Å². The quantitative estimate of drug-likeness (QED) is 0.762. The molecule has 1 aliphatic heterocycles. The van der Waals surface area contributed by atoms with Crippen LogP contribution in [0, 0.1) is 11.8 Å². The van der Waals surface area contributed by atoms with E-state index in [1.54, 1.807) is 0 Å². The van der Waals surface area contributed by atoms with Gasteiger partial charge in [0.2, 0.25) is 5.91 Å². The maximum atomic E-state index is 12.6. The Kier molecular flexibility index (Phi) is 6.13. The van der Waals surface area contributed by atoms with Gasteiger partial charge in [0.05, 0.1) is 0 Å². The van der Waals surface area contributed by atoms with E-state index in [1.165, 1.54) is 50.5 Å². The lowest BCUT2D eigenvalue weighted by Gasteiger charge is -2.33. The summed E-state index contributed by atoms with van der Waals surface area (Å²) in [6.07, 6.45) is 12.3. The molecule has 0 aromatic heterocycles. The predicted octanol–water partition coefficient (Wildman–Crippen LogP) is 4.83. The Hall–Kier alpha value is -1.31. The van der Waals surface area contributed by atoms with Gasteiger partial charge in [-0.3, -0.25) is 4.79 Å². The molecule has 3 rings (SSSR count). The fourth-order valence-electron chi connectivity index (χ4n) is 4.37. The van der Waals surface area contributed by atoms with Crippen molar-refractivity contribution in [3.63, 3.8) is 0 Å². The highest BCUT2D eigenvalue weighted by molar-refractivity contribution is 5.76. The van der Waals surface area contributed by atoms with Gasteiger partial charge in [-0.15, -0.1) is 0 Å². The molecular formula is C21H31NO. The van der Waals surface area contributed by atoms with Crippen molar-refractivity contribution in [2.24, 2.45) is 11.8 Å². The van der Waals surface area contributed by atoms with Crippen LogP contribution >= 0.6 is 0 Å². The zero-order chi connectivity index (χ0) is 15.9. The van der Waals surface area contributed by atoms with Crippen LogP contribution in [0.4, 0.5) is 0 Å².